The van der Waals surface area contributed by atoms with E-state index in [-0.39, 0.29) is 6.54 Å². The summed E-state index contributed by atoms with van der Waals surface area (Å²) in [5.41, 5.74) is 1.06. The summed E-state index contributed by atoms with van der Waals surface area (Å²) in [5, 5.41) is 0. The standard InChI is InChI=1S/C14H16F3NO/c15-14(16,17)13(19)12-7-4-8-18(10-12)9-11-5-2-1-3-6-11/h1-3,5-6,12H,4,7-10H2/t12-/m0/s1. The molecule has 2 rings (SSSR count). The van der Waals surface area contributed by atoms with Crippen molar-refractivity contribution in [1.29, 1.82) is 0 Å². The van der Waals surface area contributed by atoms with Crippen molar-refractivity contribution in [3.63, 3.8) is 0 Å². The van der Waals surface area contributed by atoms with Crippen LogP contribution in [0.15, 0.2) is 30.3 Å². The second kappa shape index (κ2) is 5.74. The quantitative estimate of drug-likeness (QED) is 0.842. The Hall–Kier alpha value is -1.36. The lowest BCUT2D eigenvalue weighted by Gasteiger charge is -2.32. The van der Waals surface area contributed by atoms with E-state index in [4.69, 9.17) is 0 Å². The molecule has 1 aromatic carbocycles. The van der Waals surface area contributed by atoms with Gasteiger partial charge in [-0.15, -0.1) is 0 Å². The molecule has 1 aliphatic rings. The zero-order chi connectivity index (χ0) is 13.9. The SMILES string of the molecule is O=C([C@H]1CCCN(Cc2ccccc2)C1)C(F)(F)F. The van der Waals surface area contributed by atoms with Gasteiger partial charge in [-0.2, -0.15) is 13.2 Å². The second-order valence-electron chi connectivity index (χ2n) is 4.92. The molecular weight excluding hydrogens is 255 g/mol. The molecule has 0 spiro atoms. The minimum absolute atomic E-state index is 0.202. The molecule has 0 saturated carbocycles. The van der Waals surface area contributed by atoms with Crippen LogP contribution in [0.3, 0.4) is 0 Å². The number of carbonyl (C=O) groups is 1. The number of hydrogen-bond acceptors (Lipinski definition) is 2. The summed E-state index contributed by atoms with van der Waals surface area (Å²) in [7, 11) is 0. The van der Waals surface area contributed by atoms with Gasteiger partial charge in [-0.05, 0) is 24.9 Å². The monoisotopic (exact) mass is 271 g/mol. The lowest BCUT2D eigenvalue weighted by Crippen LogP contribution is -2.42. The number of Topliss-reactive ketones (excluding diaryl/α,β-unsaturated/α-hetero) is 1. The van der Waals surface area contributed by atoms with Crippen LogP contribution in [-0.4, -0.2) is 29.9 Å². The molecule has 0 N–H and O–H groups in total. The first kappa shape index (κ1) is 14.1. The highest BCUT2D eigenvalue weighted by Gasteiger charge is 2.44. The van der Waals surface area contributed by atoms with Gasteiger partial charge in [0.05, 0.1) is 0 Å². The highest BCUT2D eigenvalue weighted by molar-refractivity contribution is 5.86. The lowest BCUT2D eigenvalue weighted by atomic mass is 9.93. The Labute approximate surface area is 110 Å². The maximum atomic E-state index is 12.4. The van der Waals surface area contributed by atoms with Gasteiger partial charge >= 0.3 is 6.18 Å². The van der Waals surface area contributed by atoms with E-state index in [1.165, 1.54) is 0 Å². The molecule has 2 nitrogen and oxygen atoms in total. The summed E-state index contributed by atoms with van der Waals surface area (Å²) in [5.74, 6) is -2.48. The fraction of sp³-hybridized carbons (Fsp3) is 0.500. The molecule has 0 amide bonds. The highest BCUT2D eigenvalue weighted by Crippen LogP contribution is 2.27. The van der Waals surface area contributed by atoms with Crippen LogP contribution in [0.25, 0.3) is 0 Å². The fourth-order valence-electron chi connectivity index (χ4n) is 2.49. The molecular formula is C14H16F3NO. The summed E-state index contributed by atoms with van der Waals surface area (Å²) in [6.45, 7) is 1.55. The Morgan fingerprint density at radius 3 is 2.58 bits per heavy atom. The van der Waals surface area contributed by atoms with Crippen molar-refractivity contribution in [3.05, 3.63) is 35.9 Å². The van der Waals surface area contributed by atoms with Crippen LogP contribution in [-0.2, 0) is 11.3 Å². The van der Waals surface area contributed by atoms with Gasteiger partial charge in [0.25, 0.3) is 0 Å². The Morgan fingerprint density at radius 2 is 1.95 bits per heavy atom. The van der Waals surface area contributed by atoms with Crippen LogP contribution in [0.4, 0.5) is 13.2 Å². The van der Waals surface area contributed by atoms with Crippen LogP contribution < -0.4 is 0 Å². The smallest absolute Gasteiger partial charge is 0.298 e. The molecule has 0 aliphatic carbocycles. The van der Waals surface area contributed by atoms with Gasteiger partial charge in [-0.3, -0.25) is 9.69 Å². The van der Waals surface area contributed by atoms with Crippen molar-refractivity contribution in [1.82, 2.24) is 4.90 Å². The maximum absolute atomic E-state index is 12.4. The predicted molar refractivity (Wildman–Crippen MR) is 65.5 cm³/mol. The van der Waals surface area contributed by atoms with E-state index in [1.54, 1.807) is 0 Å². The molecule has 5 heteroatoms. The molecule has 1 aromatic rings. The first-order valence-corrected chi connectivity index (χ1v) is 6.34. The zero-order valence-corrected chi connectivity index (χ0v) is 10.5. The Balaban J connectivity index is 1.96. The van der Waals surface area contributed by atoms with E-state index >= 15 is 0 Å². The molecule has 0 unspecified atom stereocenters. The van der Waals surface area contributed by atoms with Crippen molar-refractivity contribution in [2.45, 2.75) is 25.6 Å². The molecule has 1 heterocycles. The number of likely N-dealkylation sites (tertiary alicyclic amines) is 1. The van der Waals surface area contributed by atoms with Gasteiger partial charge in [0.2, 0.25) is 5.78 Å². The van der Waals surface area contributed by atoms with Crippen molar-refractivity contribution in [3.8, 4) is 0 Å². The highest BCUT2D eigenvalue weighted by atomic mass is 19.4. The average molecular weight is 271 g/mol. The van der Waals surface area contributed by atoms with E-state index in [0.29, 0.717) is 19.4 Å². The van der Waals surface area contributed by atoms with Crippen LogP contribution in [0, 0.1) is 5.92 Å². The molecule has 1 fully saturated rings. The number of rotatable bonds is 3. The number of ketones is 1. The number of carbonyl (C=O) groups excluding carboxylic acids is 1. The predicted octanol–water partition coefficient (Wildman–Crippen LogP) is 3.03. The average Bonchev–Trinajstić information content (AvgIpc) is 2.38. The first-order valence-electron chi connectivity index (χ1n) is 6.34. The van der Waals surface area contributed by atoms with E-state index < -0.39 is 17.9 Å². The fourth-order valence-corrected chi connectivity index (χ4v) is 2.49. The first-order chi connectivity index (χ1) is 8.97. The van der Waals surface area contributed by atoms with Crippen LogP contribution >= 0.6 is 0 Å². The third kappa shape index (κ3) is 3.80. The Morgan fingerprint density at radius 1 is 1.26 bits per heavy atom. The Kier molecular flexibility index (Phi) is 4.24. The van der Waals surface area contributed by atoms with E-state index in [2.05, 4.69) is 0 Å². The summed E-state index contributed by atoms with van der Waals surface area (Å²) in [6.07, 6.45) is -3.73. The van der Waals surface area contributed by atoms with Crippen LogP contribution in [0.2, 0.25) is 0 Å². The topological polar surface area (TPSA) is 20.3 Å². The molecule has 1 aliphatic heterocycles. The number of nitrogens with zero attached hydrogens (tertiary/aromatic N) is 1. The van der Waals surface area contributed by atoms with Gasteiger partial charge in [0.15, 0.2) is 0 Å². The molecule has 1 saturated heterocycles. The van der Waals surface area contributed by atoms with Crippen molar-refractivity contribution in [2.75, 3.05) is 13.1 Å². The molecule has 0 bridgehead atoms. The number of benzene rings is 1. The number of alkyl halides is 3. The zero-order valence-electron chi connectivity index (χ0n) is 10.5. The van der Waals surface area contributed by atoms with Crippen molar-refractivity contribution in [2.24, 2.45) is 5.92 Å². The molecule has 104 valence electrons. The van der Waals surface area contributed by atoms with Gasteiger partial charge in [-0.25, -0.2) is 0 Å². The van der Waals surface area contributed by atoms with E-state index in [0.717, 1.165) is 12.1 Å². The van der Waals surface area contributed by atoms with Gasteiger partial charge in [0.1, 0.15) is 0 Å². The molecule has 1 atom stereocenters. The van der Waals surface area contributed by atoms with Crippen molar-refractivity contribution >= 4 is 5.78 Å². The van der Waals surface area contributed by atoms with Crippen LogP contribution in [0.1, 0.15) is 18.4 Å². The number of piperidine rings is 1. The van der Waals surface area contributed by atoms with Gasteiger partial charge in [-0.1, -0.05) is 30.3 Å². The van der Waals surface area contributed by atoms with Gasteiger partial charge in [0, 0.05) is 19.0 Å². The Bertz CT molecular complexity index is 430. The molecule has 19 heavy (non-hydrogen) atoms. The summed E-state index contributed by atoms with van der Waals surface area (Å²) in [4.78, 5) is 13.2. The third-order valence-corrected chi connectivity index (χ3v) is 3.40. The molecule has 0 radical (unpaired) electrons. The summed E-state index contributed by atoms with van der Waals surface area (Å²) >= 11 is 0. The summed E-state index contributed by atoms with van der Waals surface area (Å²) in [6, 6.07) is 9.58. The number of hydrogen-bond donors (Lipinski definition) is 0. The summed E-state index contributed by atoms with van der Waals surface area (Å²) < 4.78 is 37.3. The largest absolute Gasteiger partial charge is 0.450 e. The number of halogens is 3. The van der Waals surface area contributed by atoms with E-state index in [1.807, 2.05) is 35.2 Å². The lowest BCUT2D eigenvalue weighted by molar-refractivity contribution is -0.177. The molecule has 0 aromatic heterocycles. The van der Waals surface area contributed by atoms with E-state index in [9.17, 15) is 18.0 Å². The second-order valence-corrected chi connectivity index (χ2v) is 4.92. The van der Waals surface area contributed by atoms with Crippen LogP contribution in [0.5, 0.6) is 0 Å². The van der Waals surface area contributed by atoms with Gasteiger partial charge < -0.3 is 0 Å². The van der Waals surface area contributed by atoms with Crippen molar-refractivity contribution < 1.29 is 18.0 Å². The normalized spacial score (nSPS) is 21.3. The minimum Gasteiger partial charge on any atom is -0.298 e. The minimum atomic E-state index is -4.71. The third-order valence-electron chi connectivity index (χ3n) is 3.40. The maximum Gasteiger partial charge on any atom is 0.450 e.